The number of allylic oxidation sites excluding steroid dienone is 4. The maximum Gasteiger partial charge on any atom is 0.199 e. The lowest BCUT2D eigenvalue weighted by Gasteiger charge is -2.38. The number of ether oxygens (including phenoxy) is 1. The van der Waals surface area contributed by atoms with Gasteiger partial charge in [-0.1, -0.05) is 36.9 Å². The van der Waals surface area contributed by atoms with Gasteiger partial charge in [-0.15, -0.1) is 0 Å². The fraction of sp³-hybridized carbons (Fsp3) is 0.333. The fourth-order valence-corrected chi connectivity index (χ4v) is 9.15. The highest BCUT2D eigenvalue weighted by Gasteiger charge is 2.44. The Morgan fingerprint density at radius 2 is 1.75 bits per heavy atom. The van der Waals surface area contributed by atoms with Crippen molar-refractivity contribution < 1.29 is 9.31 Å². The van der Waals surface area contributed by atoms with Gasteiger partial charge < -0.3 is 9.64 Å². The van der Waals surface area contributed by atoms with E-state index in [0.29, 0.717) is 0 Å². The first-order valence-corrected chi connectivity index (χ1v) is 14.3. The van der Waals surface area contributed by atoms with Gasteiger partial charge in [0.2, 0.25) is 0 Å². The summed E-state index contributed by atoms with van der Waals surface area (Å²) in [5, 5.41) is 4.27. The van der Waals surface area contributed by atoms with Crippen molar-refractivity contribution in [2.24, 2.45) is 4.99 Å². The zero-order valence-electron chi connectivity index (χ0n) is 19.3. The summed E-state index contributed by atoms with van der Waals surface area (Å²) in [7, 11) is -2.23. The van der Waals surface area contributed by atoms with E-state index >= 15 is 0 Å². The van der Waals surface area contributed by atoms with Crippen LogP contribution in [-0.2, 0) is 4.74 Å². The van der Waals surface area contributed by atoms with Gasteiger partial charge in [0.05, 0.1) is 24.6 Å². The van der Waals surface area contributed by atoms with E-state index in [2.05, 4.69) is 96.6 Å². The SMILES string of the molecule is CC[N+](CC)=C1C=CC2=Nc3ccc(N4CCOCC4)cc3[Si](C)(c3ccccc3)C2=C1. The van der Waals surface area contributed by atoms with Gasteiger partial charge in [0, 0.05) is 30.9 Å². The Bertz CT molecular complexity index is 1140. The number of hydrogen-bond donors (Lipinski definition) is 0. The van der Waals surface area contributed by atoms with Crippen LogP contribution in [0.3, 0.4) is 0 Å². The fourth-order valence-electron chi connectivity index (χ4n) is 5.21. The largest absolute Gasteiger partial charge is 0.378 e. The van der Waals surface area contributed by atoms with Crippen LogP contribution in [-0.4, -0.2) is 63.5 Å². The first-order valence-electron chi connectivity index (χ1n) is 11.8. The average molecular weight is 443 g/mol. The van der Waals surface area contributed by atoms with Crippen molar-refractivity contribution in [1.29, 1.82) is 0 Å². The van der Waals surface area contributed by atoms with E-state index in [-0.39, 0.29) is 0 Å². The molecule has 164 valence electrons. The summed E-state index contributed by atoms with van der Waals surface area (Å²) < 4.78 is 8.02. The quantitative estimate of drug-likeness (QED) is 0.413. The minimum absolute atomic E-state index is 0.797. The summed E-state index contributed by atoms with van der Waals surface area (Å²) in [5.41, 5.74) is 4.85. The Balaban J connectivity index is 1.72. The van der Waals surface area contributed by atoms with Gasteiger partial charge in [0.15, 0.2) is 13.8 Å². The number of nitrogens with zero attached hydrogens (tertiary/aromatic N) is 3. The van der Waals surface area contributed by atoms with Crippen molar-refractivity contribution in [3.8, 4) is 0 Å². The van der Waals surface area contributed by atoms with Crippen LogP contribution in [0.5, 0.6) is 0 Å². The monoisotopic (exact) mass is 442 g/mol. The number of anilines is 1. The zero-order chi connectivity index (χ0) is 22.1. The molecule has 5 heteroatoms. The Morgan fingerprint density at radius 1 is 1.00 bits per heavy atom. The molecule has 1 atom stereocenters. The minimum atomic E-state index is -2.23. The normalized spacial score (nSPS) is 22.1. The van der Waals surface area contributed by atoms with E-state index in [9.17, 15) is 0 Å². The van der Waals surface area contributed by atoms with Gasteiger partial charge in [-0.25, -0.2) is 9.57 Å². The highest BCUT2D eigenvalue weighted by molar-refractivity contribution is 7.10. The van der Waals surface area contributed by atoms with Gasteiger partial charge >= 0.3 is 0 Å². The van der Waals surface area contributed by atoms with Gasteiger partial charge in [0.1, 0.15) is 13.1 Å². The predicted octanol–water partition coefficient (Wildman–Crippen LogP) is 3.33. The summed E-state index contributed by atoms with van der Waals surface area (Å²) in [6.07, 6.45) is 6.90. The van der Waals surface area contributed by atoms with Gasteiger partial charge in [-0.05, 0) is 53.7 Å². The van der Waals surface area contributed by atoms with E-state index in [1.807, 2.05) is 0 Å². The molecule has 4 nitrogen and oxygen atoms in total. The van der Waals surface area contributed by atoms with Crippen molar-refractivity contribution in [2.45, 2.75) is 20.4 Å². The van der Waals surface area contributed by atoms with Crippen LogP contribution in [0.4, 0.5) is 11.4 Å². The molecule has 2 heterocycles. The van der Waals surface area contributed by atoms with Crippen LogP contribution in [0.2, 0.25) is 6.55 Å². The molecular weight excluding hydrogens is 410 g/mol. The molecule has 0 radical (unpaired) electrons. The van der Waals surface area contributed by atoms with Gasteiger partial charge in [-0.3, -0.25) is 0 Å². The summed E-state index contributed by atoms with van der Waals surface area (Å²) >= 11 is 0. The number of rotatable bonds is 4. The van der Waals surface area contributed by atoms with E-state index < -0.39 is 8.07 Å². The van der Waals surface area contributed by atoms with Crippen LogP contribution < -0.4 is 15.3 Å². The Hall–Kier alpha value is -2.76. The minimum Gasteiger partial charge on any atom is -0.378 e. The lowest BCUT2D eigenvalue weighted by molar-refractivity contribution is -0.519. The van der Waals surface area contributed by atoms with Gasteiger partial charge in [0.25, 0.3) is 0 Å². The molecule has 0 aromatic heterocycles. The molecule has 2 aromatic carbocycles. The van der Waals surface area contributed by atoms with E-state index in [4.69, 9.17) is 9.73 Å². The van der Waals surface area contributed by atoms with E-state index in [0.717, 1.165) is 50.8 Å². The third kappa shape index (κ3) is 3.50. The number of hydrogen-bond acceptors (Lipinski definition) is 3. The third-order valence-corrected chi connectivity index (χ3v) is 11.6. The summed E-state index contributed by atoms with van der Waals surface area (Å²) in [6.45, 7) is 12.5. The second kappa shape index (κ2) is 8.64. The topological polar surface area (TPSA) is 27.8 Å². The van der Waals surface area contributed by atoms with Crippen LogP contribution in [0.15, 0.2) is 76.9 Å². The first-order chi connectivity index (χ1) is 15.6. The highest BCUT2D eigenvalue weighted by atomic mass is 28.3. The molecule has 5 rings (SSSR count). The lowest BCUT2D eigenvalue weighted by atomic mass is 10.1. The maximum absolute atomic E-state index is 5.59. The summed E-state index contributed by atoms with van der Waals surface area (Å²) in [5.74, 6) is 0. The summed E-state index contributed by atoms with van der Waals surface area (Å²) in [4.78, 5) is 7.59. The molecule has 1 aliphatic carbocycles. The molecule has 0 bridgehead atoms. The molecule has 1 fully saturated rings. The second-order valence-electron chi connectivity index (χ2n) is 8.78. The number of aliphatic imine (C=N–C) groups is 1. The summed E-state index contributed by atoms with van der Waals surface area (Å²) in [6, 6.07) is 18.0. The molecule has 2 aromatic rings. The van der Waals surface area contributed by atoms with Crippen molar-refractivity contribution in [3.63, 3.8) is 0 Å². The number of fused-ring (bicyclic) bond motifs is 2. The molecule has 3 aliphatic rings. The standard InChI is InChI=1S/C27H32N3OSi/c1-4-29(5-2)21-11-13-24-26(19-21)32(3,23-9-7-6-8-10-23)27-20-22(12-14-25(27)28-24)30-15-17-31-18-16-30/h6-14,19-20H,4-5,15-18H2,1-3H3/q+1. The van der Waals surface area contributed by atoms with Crippen molar-refractivity contribution in [3.05, 3.63) is 72.0 Å². The third-order valence-electron chi connectivity index (χ3n) is 7.13. The smallest absolute Gasteiger partial charge is 0.199 e. The van der Waals surface area contributed by atoms with Gasteiger partial charge in [-0.2, -0.15) is 0 Å². The Morgan fingerprint density at radius 3 is 2.47 bits per heavy atom. The zero-order valence-corrected chi connectivity index (χ0v) is 20.3. The Labute approximate surface area is 192 Å². The first kappa shape index (κ1) is 21.1. The molecular formula is C27H32N3OSi+. The van der Waals surface area contributed by atoms with Crippen LogP contribution in [0.1, 0.15) is 13.8 Å². The second-order valence-corrected chi connectivity index (χ2v) is 12.7. The molecule has 2 aliphatic heterocycles. The number of morpholine rings is 1. The predicted molar refractivity (Wildman–Crippen MR) is 137 cm³/mol. The lowest BCUT2D eigenvalue weighted by Crippen LogP contribution is -2.61. The van der Waals surface area contributed by atoms with Crippen LogP contribution in [0.25, 0.3) is 0 Å². The van der Waals surface area contributed by atoms with E-state index in [1.165, 1.54) is 27.0 Å². The Kier molecular flexibility index (Phi) is 5.70. The van der Waals surface area contributed by atoms with Crippen molar-refractivity contribution >= 4 is 41.2 Å². The van der Waals surface area contributed by atoms with Crippen molar-refractivity contribution in [2.75, 3.05) is 44.3 Å². The average Bonchev–Trinajstić information content (AvgIpc) is 2.86. The maximum atomic E-state index is 5.59. The molecule has 1 saturated heterocycles. The molecule has 0 N–H and O–H groups in total. The van der Waals surface area contributed by atoms with E-state index in [1.54, 1.807) is 0 Å². The molecule has 0 amide bonds. The molecule has 1 unspecified atom stereocenters. The van der Waals surface area contributed by atoms with Crippen LogP contribution in [0, 0.1) is 0 Å². The molecule has 32 heavy (non-hydrogen) atoms. The van der Waals surface area contributed by atoms with Crippen LogP contribution >= 0.6 is 0 Å². The highest BCUT2D eigenvalue weighted by Crippen LogP contribution is 2.33. The van der Waals surface area contributed by atoms with Crippen molar-refractivity contribution in [1.82, 2.24) is 0 Å². The molecule has 0 saturated carbocycles. The molecule has 0 spiro atoms. The number of benzene rings is 2.